The molecule has 2 aromatic carbocycles. The zero-order valence-electron chi connectivity index (χ0n) is 15.1. The van der Waals surface area contributed by atoms with Crippen LogP contribution in [-0.2, 0) is 16.4 Å². The number of carbonyl (C=O) groups excluding carboxylic acids is 2. The number of primary amides is 1. The number of fused-ring (bicyclic) bond motifs is 1. The minimum absolute atomic E-state index is 0.0922. The molecule has 0 bridgehead atoms. The molecular weight excluding hydrogens is 404 g/mol. The van der Waals surface area contributed by atoms with Crippen LogP contribution in [0.3, 0.4) is 0 Å². The molecule has 0 saturated carbocycles. The Labute approximate surface area is 168 Å². The van der Waals surface area contributed by atoms with E-state index in [4.69, 9.17) is 22.1 Å². The van der Waals surface area contributed by atoms with Gasteiger partial charge in [-0.3, -0.25) is 13.9 Å². The lowest BCUT2D eigenvalue weighted by Gasteiger charge is -2.29. The third-order valence-electron chi connectivity index (χ3n) is 4.44. The number of aryl methyl sites for hydroxylation is 1. The zero-order valence-corrected chi connectivity index (χ0v) is 16.7. The SMILES string of the molecule is CS(=O)(=O)N1CCCc2cc(C(=O)COc3ccc(Cl)cc3C(N)=O)ccc21. The van der Waals surface area contributed by atoms with Crippen LogP contribution in [-0.4, -0.2) is 39.5 Å². The minimum atomic E-state index is -3.37. The van der Waals surface area contributed by atoms with Gasteiger partial charge in [-0.1, -0.05) is 11.6 Å². The standard InChI is InChI=1S/C19H19ClN2O5S/c1-28(25,26)22-8-2-3-12-9-13(4-6-16(12)22)17(23)11-27-18-7-5-14(20)10-15(18)19(21)24/h4-7,9-10H,2-3,8,11H2,1H3,(H2,21,24). The van der Waals surface area contributed by atoms with E-state index in [9.17, 15) is 18.0 Å². The van der Waals surface area contributed by atoms with Gasteiger partial charge in [0.25, 0.3) is 5.91 Å². The van der Waals surface area contributed by atoms with Gasteiger partial charge >= 0.3 is 0 Å². The highest BCUT2D eigenvalue weighted by atomic mass is 35.5. The normalized spacial score (nSPS) is 13.7. The second-order valence-corrected chi connectivity index (χ2v) is 8.84. The number of halogens is 1. The number of hydrogen-bond acceptors (Lipinski definition) is 5. The second-order valence-electron chi connectivity index (χ2n) is 6.50. The lowest BCUT2D eigenvalue weighted by molar-refractivity contribution is 0.0912. The minimum Gasteiger partial charge on any atom is -0.485 e. The summed E-state index contributed by atoms with van der Waals surface area (Å²) in [6, 6.07) is 9.29. The molecule has 3 rings (SSSR count). The number of benzene rings is 2. The molecule has 0 spiro atoms. The Morgan fingerprint density at radius 3 is 2.64 bits per heavy atom. The monoisotopic (exact) mass is 422 g/mol. The van der Waals surface area contributed by atoms with Gasteiger partial charge < -0.3 is 10.5 Å². The Hall–Kier alpha value is -2.58. The van der Waals surface area contributed by atoms with Gasteiger partial charge in [-0.15, -0.1) is 0 Å². The molecule has 2 N–H and O–H groups in total. The van der Waals surface area contributed by atoms with E-state index in [0.717, 1.165) is 11.8 Å². The van der Waals surface area contributed by atoms with Gasteiger partial charge in [-0.05, 0) is 54.8 Å². The van der Waals surface area contributed by atoms with Crippen LogP contribution in [0.4, 0.5) is 5.69 Å². The molecule has 0 radical (unpaired) electrons. The largest absolute Gasteiger partial charge is 0.485 e. The molecule has 28 heavy (non-hydrogen) atoms. The van der Waals surface area contributed by atoms with Crippen LogP contribution < -0.4 is 14.8 Å². The number of ketones is 1. The van der Waals surface area contributed by atoms with Crippen molar-refractivity contribution in [3.05, 3.63) is 58.1 Å². The van der Waals surface area contributed by atoms with Crippen molar-refractivity contribution in [1.29, 1.82) is 0 Å². The smallest absolute Gasteiger partial charge is 0.252 e. The molecule has 0 unspecified atom stereocenters. The first-order valence-corrected chi connectivity index (χ1v) is 10.8. The van der Waals surface area contributed by atoms with Gasteiger partial charge in [0.2, 0.25) is 10.0 Å². The zero-order chi connectivity index (χ0) is 20.5. The molecule has 1 aliphatic heterocycles. The van der Waals surface area contributed by atoms with Gasteiger partial charge in [0.15, 0.2) is 12.4 Å². The number of hydrogen-bond donors (Lipinski definition) is 1. The second kappa shape index (κ2) is 7.81. The van der Waals surface area contributed by atoms with Crippen LogP contribution in [0.5, 0.6) is 5.75 Å². The summed E-state index contributed by atoms with van der Waals surface area (Å²) in [7, 11) is -3.37. The number of nitrogens with two attached hydrogens (primary N) is 1. The molecule has 0 atom stereocenters. The van der Waals surface area contributed by atoms with E-state index < -0.39 is 15.9 Å². The number of carbonyl (C=O) groups is 2. The van der Waals surface area contributed by atoms with E-state index in [1.807, 2.05) is 0 Å². The molecule has 2 aromatic rings. The number of Topliss-reactive ketones (excluding diaryl/α,β-unsaturated/α-hetero) is 1. The number of rotatable bonds is 6. The van der Waals surface area contributed by atoms with E-state index in [-0.39, 0.29) is 23.7 Å². The molecule has 7 nitrogen and oxygen atoms in total. The molecule has 1 amide bonds. The van der Waals surface area contributed by atoms with Gasteiger partial charge in [0.05, 0.1) is 17.5 Å². The van der Waals surface area contributed by atoms with E-state index in [0.29, 0.717) is 35.7 Å². The highest BCUT2D eigenvalue weighted by molar-refractivity contribution is 7.92. The summed E-state index contributed by atoms with van der Waals surface area (Å²) < 4.78 is 30.7. The predicted molar refractivity (Wildman–Crippen MR) is 107 cm³/mol. The first-order valence-electron chi connectivity index (χ1n) is 8.53. The molecule has 1 heterocycles. The fraction of sp³-hybridized carbons (Fsp3) is 0.263. The van der Waals surface area contributed by atoms with E-state index in [2.05, 4.69) is 0 Å². The summed E-state index contributed by atoms with van der Waals surface area (Å²) in [6.07, 6.45) is 2.53. The Kier molecular flexibility index (Phi) is 5.62. The van der Waals surface area contributed by atoms with Gasteiger partial charge in [0.1, 0.15) is 5.75 Å². The van der Waals surface area contributed by atoms with Crippen molar-refractivity contribution in [1.82, 2.24) is 0 Å². The number of anilines is 1. The predicted octanol–water partition coefficient (Wildman–Crippen LogP) is 2.41. The topological polar surface area (TPSA) is 107 Å². The number of amides is 1. The average molecular weight is 423 g/mol. The van der Waals surface area contributed by atoms with Crippen LogP contribution >= 0.6 is 11.6 Å². The van der Waals surface area contributed by atoms with Crippen LogP contribution in [0, 0.1) is 0 Å². The highest BCUT2D eigenvalue weighted by Gasteiger charge is 2.24. The van der Waals surface area contributed by atoms with Crippen molar-refractivity contribution in [2.45, 2.75) is 12.8 Å². The van der Waals surface area contributed by atoms with Crippen LogP contribution in [0.2, 0.25) is 5.02 Å². The lowest BCUT2D eigenvalue weighted by Crippen LogP contribution is -2.34. The highest BCUT2D eigenvalue weighted by Crippen LogP contribution is 2.30. The molecule has 0 fully saturated rings. The molecule has 0 aromatic heterocycles. The molecule has 0 aliphatic carbocycles. The van der Waals surface area contributed by atoms with Crippen molar-refractivity contribution in [2.24, 2.45) is 5.73 Å². The van der Waals surface area contributed by atoms with Gasteiger partial charge in [0, 0.05) is 17.1 Å². The summed E-state index contributed by atoms with van der Waals surface area (Å²) >= 11 is 5.85. The van der Waals surface area contributed by atoms with Crippen molar-refractivity contribution in [2.75, 3.05) is 23.7 Å². The van der Waals surface area contributed by atoms with Crippen molar-refractivity contribution >= 4 is 39.0 Å². The van der Waals surface area contributed by atoms with Crippen molar-refractivity contribution < 1.29 is 22.7 Å². The Morgan fingerprint density at radius 1 is 1.21 bits per heavy atom. The fourth-order valence-electron chi connectivity index (χ4n) is 3.13. The molecule has 9 heteroatoms. The molecule has 1 aliphatic rings. The first kappa shape index (κ1) is 20.2. The van der Waals surface area contributed by atoms with Crippen molar-refractivity contribution in [3.8, 4) is 5.75 Å². The average Bonchev–Trinajstić information content (AvgIpc) is 2.64. The molecule has 0 saturated heterocycles. The van der Waals surface area contributed by atoms with Crippen molar-refractivity contribution in [3.63, 3.8) is 0 Å². The lowest BCUT2D eigenvalue weighted by atomic mass is 9.99. The van der Waals surface area contributed by atoms with Crippen LogP contribution in [0.25, 0.3) is 0 Å². The summed E-state index contributed by atoms with van der Waals surface area (Å²) in [5.41, 5.74) is 7.20. The maximum atomic E-state index is 12.5. The van der Waals surface area contributed by atoms with E-state index >= 15 is 0 Å². The molecular formula is C19H19ClN2O5S. The summed E-state index contributed by atoms with van der Waals surface area (Å²) in [5.74, 6) is -0.837. The van der Waals surface area contributed by atoms with E-state index in [1.165, 1.54) is 22.5 Å². The maximum Gasteiger partial charge on any atom is 0.252 e. The summed E-state index contributed by atoms with van der Waals surface area (Å²) in [6.45, 7) is 0.130. The number of nitrogens with zero attached hydrogens (tertiary/aromatic N) is 1. The fourth-order valence-corrected chi connectivity index (χ4v) is 4.30. The molecule has 148 valence electrons. The summed E-state index contributed by atoms with van der Waals surface area (Å²) in [4.78, 5) is 24.0. The Bertz CT molecular complexity index is 1050. The van der Waals surface area contributed by atoms with Gasteiger partial charge in [-0.25, -0.2) is 8.42 Å². The Balaban J connectivity index is 1.79. The Morgan fingerprint density at radius 2 is 1.96 bits per heavy atom. The first-order chi connectivity index (χ1) is 13.2. The van der Waals surface area contributed by atoms with E-state index in [1.54, 1.807) is 18.2 Å². The third-order valence-corrected chi connectivity index (χ3v) is 5.86. The number of sulfonamides is 1. The van der Waals surface area contributed by atoms with Crippen LogP contribution in [0.1, 0.15) is 32.7 Å². The third kappa shape index (κ3) is 4.28. The summed E-state index contributed by atoms with van der Waals surface area (Å²) in [5, 5.41) is 0.331. The maximum absolute atomic E-state index is 12.5. The quantitative estimate of drug-likeness (QED) is 0.719. The van der Waals surface area contributed by atoms with Gasteiger partial charge in [-0.2, -0.15) is 0 Å². The number of ether oxygens (including phenoxy) is 1. The van der Waals surface area contributed by atoms with Crippen LogP contribution in [0.15, 0.2) is 36.4 Å².